The van der Waals surface area contributed by atoms with Crippen LogP contribution in [0.3, 0.4) is 0 Å². The van der Waals surface area contributed by atoms with E-state index in [1.165, 1.54) is 12.1 Å². The average molecular weight is 319 g/mol. The van der Waals surface area contributed by atoms with Gasteiger partial charge >= 0.3 is 0 Å². The van der Waals surface area contributed by atoms with Gasteiger partial charge < -0.3 is 5.32 Å². The van der Waals surface area contributed by atoms with E-state index < -0.39 is 0 Å². The van der Waals surface area contributed by atoms with Crippen molar-refractivity contribution >= 4 is 15.9 Å². The molecule has 1 heterocycles. The van der Waals surface area contributed by atoms with Crippen LogP contribution in [0.5, 0.6) is 0 Å². The Morgan fingerprint density at radius 3 is 2.61 bits per heavy atom. The Morgan fingerprint density at radius 2 is 2.00 bits per heavy atom. The number of piperazine rings is 1. The Kier molecular flexibility index (Phi) is 5.09. The molecule has 1 saturated heterocycles. The van der Waals surface area contributed by atoms with Crippen LogP contribution >= 0.6 is 15.9 Å². The number of alkyl halides is 1. The second-order valence-corrected chi connectivity index (χ2v) is 5.40. The van der Waals surface area contributed by atoms with Crippen LogP contribution in [0.25, 0.3) is 0 Å². The van der Waals surface area contributed by atoms with Crippen molar-refractivity contribution in [2.45, 2.75) is 12.5 Å². The summed E-state index contributed by atoms with van der Waals surface area (Å²) in [5, 5.41) is 3.27. The van der Waals surface area contributed by atoms with E-state index in [0.717, 1.165) is 31.7 Å². The summed E-state index contributed by atoms with van der Waals surface area (Å²) in [4.78, 5) is 2.22. The van der Waals surface area contributed by atoms with Gasteiger partial charge in [0.1, 0.15) is 5.82 Å². The van der Waals surface area contributed by atoms with E-state index in [-0.39, 0.29) is 18.5 Å². The molecular weight excluding hydrogens is 302 g/mol. The lowest BCUT2D eigenvalue weighted by molar-refractivity contribution is 0.157. The smallest absolute Gasteiger partial charge is 0.124 e. The summed E-state index contributed by atoms with van der Waals surface area (Å²) in [7, 11) is 0. The maximum atomic E-state index is 13.4. The minimum atomic E-state index is -0.386. The number of hydrogen-bond donors (Lipinski definition) is 1. The van der Waals surface area contributed by atoms with Gasteiger partial charge in [0.2, 0.25) is 0 Å². The van der Waals surface area contributed by atoms with Crippen LogP contribution in [0.1, 0.15) is 18.0 Å². The van der Waals surface area contributed by atoms with Crippen molar-refractivity contribution in [1.29, 1.82) is 0 Å². The molecule has 0 saturated carbocycles. The second kappa shape index (κ2) is 6.59. The average Bonchev–Trinajstić information content (AvgIpc) is 2.36. The van der Waals surface area contributed by atoms with Crippen LogP contribution in [-0.4, -0.2) is 37.8 Å². The molecule has 0 aromatic heterocycles. The highest BCUT2D eigenvalue weighted by atomic mass is 79.9. The highest BCUT2D eigenvalue weighted by Gasteiger charge is 2.22. The predicted molar refractivity (Wildman–Crippen MR) is 71.9 cm³/mol. The third-order valence-corrected chi connectivity index (χ3v) is 3.70. The van der Waals surface area contributed by atoms with Crippen LogP contribution < -0.4 is 5.32 Å². The minimum absolute atomic E-state index is 0.0379. The van der Waals surface area contributed by atoms with E-state index in [2.05, 4.69) is 26.1 Å². The molecule has 0 bridgehead atoms. The summed E-state index contributed by atoms with van der Waals surface area (Å²) in [6.07, 6.45) is 0.413. The number of benzene rings is 1. The molecule has 1 aliphatic rings. The van der Waals surface area contributed by atoms with Crippen molar-refractivity contribution < 1.29 is 8.78 Å². The lowest BCUT2D eigenvalue weighted by atomic mass is 10.0. The molecule has 0 unspecified atom stereocenters. The van der Waals surface area contributed by atoms with E-state index in [1.807, 2.05) is 6.07 Å². The number of halogens is 3. The van der Waals surface area contributed by atoms with Crippen LogP contribution in [0.2, 0.25) is 0 Å². The normalized spacial score (nSPS) is 18.8. The van der Waals surface area contributed by atoms with E-state index in [0.29, 0.717) is 10.9 Å². The van der Waals surface area contributed by atoms with E-state index >= 15 is 0 Å². The third-order valence-electron chi connectivity index (χ3n) is 3.24. The SMILES string of the molecule is FCC[C@H](c1cc(F)cc(Br)c1)N1CCNCC1. The minimum Gasteiger partial charge on any atom is -0.314 e. The largest absolute Gasteiger partial charge is 0.314 e. The van der Waals surface area contributed by atoms with E-state index in [1.54, 1.807) is 0 Å². The molecule has 18 heavy (non-hydrogen) atoms. The number of hydrogen-bond acceptors (Lipinski definition) is 2. The van der Waals surface area contributed by atoms with Crippen LogP contribution in [0, 0.1) is 5.82 Å². The Bertz CT molecular complexity index is 374. The molecule has 1 aromatic carbocycles. The second-order valence-electron chi connectivity index (χ2n) is 4.48. The lowest BCUT2D eigenvalue weighted by Gasteiger charge is -2.35. The zero-order valence-corrected chi connectivity index (χ0v) is 11.7. The van der Waals surface area contributed by atoms with Gasteiger partial charge in [0.25, 0.3) is 0 Å². The maximum absolute atomic E-state index is 13.4. The van der Waals surface area contributed by atoms with E-state index in [9.17, 15) is 8.78 Å². The standard InChI is InChI=1S/C13H17BrF2N2/c14-11-7-10(8-12(16)9-11)13(1-2-15)18-5-3-17-4-6-18/h7-9,13,17H,1-6H2/t13-/m1/s1. The molecule has 1 fully saturated rings. The topological polar surface area (TPSA) is 15.3 Å². The molecule has 1 N–H and O–H groups in total. The molecule has 0 spiro atoms. The Labute approximate surface area is 114 Å². The molecule has 1 aliphatic heterocycles. The molecular formula is C13H17BrF2N2. The van der Waals surface area contributed by atoms with Gasteiger partial charge in [0.05, 0.1) is 6.67 Å². The molecule has 0 aliphatic carbocycles. The van der Waals surface area contributed by atoms with Gasteiger partial charge in [-0.05, 0) is 30.2 Å². The summed E-state index contributed by atoms with van der Waals surface area (Å²) in [5.74, 6) is -0.279. The lowest BCUT2D eigenvalue weighted by Crippen LogP contribution is -2.45. The first-order valence-electron chi connectivity index (χ1n) is 6.17. The fourth-order valence-corrected chi connectivity index (χ4v) is 2.91. The zero-order chi connectivity index (χ0) is 13.0. The predicted octanol–water partition coefficient (Wildman–Crippen LogP) is 2.89. The quantitative estimate of drug-likeness (QED) is 0.918. The van der Waals surface area contributed by atoms with Gasteiger partial charge in [0, 0.05) is 36.7 Å². The van der Waals surface area contributed by atoms with Crippen LogP contribution in [0.4, 0.5) is 8.78 Å². The Morgan fingerprint density at radius 1 is 1.28 bits per heavy atom. The first-order valence-corrected chi connectivity index (χ1v) is 6.96. The molecule has 2 nitrogen and oxygen atoms in total. The van der Waals surface area contributed by atoms with Gasteiger partial charge in [-0.3, -0.25) is 9.29 Å². The highest BCUT2D eigenvalue weighted by Crippen LogP contribution is 2.28. The van der Waals surface area contributed by atoms with E-state index in [4.69, 9.17) is 0 Å². The van der Waals surface area contributed by atoms with Crippen molar-refractivity contribution in [2.75, 3.05) is 32.9 Å². The van der Waals surface area contributed by atoms with Crippen molar-refractivity contribution in [3.63, 3.8) is 0 Å². The Balaban J connectivity index is 2.22. The maximum Gasteiger partial charge on any atom is 0.124 e. The highest BCUT2D eigenvalue weighted by molar-refractivity contribution is 9.10. The van der Waals surface area contributed by atoms with Crippen molar-refractivity contribution in [3.05, 3.63) is 34.1 Å². The Hall–Kier alpha value is -0.520. The molecule has 5 heteroatoms. The van der Waals surface area contributed by atoms with Crippen LogP contribution in [0.15, 0.2) is 22.7 Å². The number of rotatable bonds is 4. The summed E-state index contributed by atoms with van der Waals surface area (Å²) in [6, 6.07) is 4.77. The third kappa shape index (κ3) is 3.49. The first-order chi connectivity index (χ1) is 8.70. The van der Waals surface area contributed by atoms with Crippen molar-refractivity contribution in [2.24, 2.45) is 0 Å². The summed E-state index contributed by atoms with van der Waals surface area (Å²) >= 11 is 3.29. The summed E-state index contributed by atoms with van der Waals surface area (Å²) in [5.41, 5.74) is 0.849. The molecule has 1 atom stereocenters. The van der Waals surface area contributed by atoms with Crippen LogP contribution in [-0.2, 0) is 0 Å². The molecule has 100 valence electrons. The van der Waals surface area contributed by atoms with Gasteiger partial charge in [-0.1, -0.05) is 15.9 Å². The number of nitrogens with one attached hydrogen (secondary N) is 1. The van der Waals surface area contributed by atoms with Gasteiger partial charge in [-0.25, -0.2) is 4.39 Å². The fourth-order valence-electron chi connectivity index (χ4n) is 2.42. The molecule has 0 amide bonds. The van der Waals surface area contributed by atoms with Gasteiger partial charge in [0.15, 0.2) is 0 Å². The monoisotopic (exact) mass is 318 g/mol. The van der Waals surface area contributed by atoms with Gasteiger partial charge in [-0.2, -0.15) is 0 Å². The van der Waals surface area contributed by atoms with Gasteiger partial charge in [-0.15, -0.1) is 0 Å². The summed E-state index contributed by atoms with van der Waals surface area (Å²) < 4.78 is 26.9. The molecule has 1 aromatic rings. The van der Waals surface area contributed by atoms with Crippen molar-refractivity contribution in [1.82, 2.24) is 10.2 Å². The zero-order valence-electron chi connectivity index (χ0n) is 10.1. The molecule has 0 radical (unpaired) electrons. The molecule has 2 rings (SSSR count). The summed E-state index contributed by atoms with van der Waals surface area (Å²) in [6.45, 7) is 3.17. The van der Waals surface area contributed by atoms with Crippen molar-refractivity contribution in [3.8, 4) is 0 Å². The fraction of sp³-hybridized carbons (Fsp3) is 0.538. The number of nitrogens with zero attached hydrogens (tertiary/aromatic N) is 1. The first kappa shape index (κ1) is 13.9.